The number of hydrogen-bond acceptors (Lipinski definition) is 3. The first-order valence-corrected chi connectivity index (χ1v) is 4.83. The summed E-state index contributed by atoms with van der Waals surface area (Å²) in [6, 6.07) is 1.92. The van der Waals surface area contributed by atoms with Crippen LogP contribution in [0, 0.1) is 11.8 Å². The molecule has 2 nitrogen and oxygen atoms in total. The number of rotatable bonds is 0. The Labute approximate surface area is 84.6 Å². The lowest BCUT2D eigenvalue weighted by atomic mass is 10.4. The van der Waals surface area contributed by atoms with Crippen LogP contribution in [0.25, 0.3) is 10.2 Å². The molecule has 0 radical (unpaired) electrons. The standard InChI is InChI=1S/C9H5ClN2S/c1-2-3-6-4-7-8(13-6)9(10)12-5-11-7/h4-5H,1H3. The molecule has 0 saturated carbocycles. The zero-order chi connectivity index (χ0) is 9.26. The molecule has 2 aromatic heterocycles. The fraction of sp³-hybridized carbons (Fsp3) is 0.111. The van der Waals surface area contributed by atoms with Crippen LogP contribution in [0.3, 0.4) is 0 Å². The zero-order valence-electron chi connectivity index (χ0n) is 6.84. The lowest BCUT2D eigenvalue weighted by Crippen LogP contribution is -1.76. The van der Waals surface area contributed by atoms with E-state index in [1.807, 2.05) is 6.07 Å². The minimum absolute atomic E-state index is 0.499. The zero-order valence-corrected chi connectivity index (χ0v) is 8.41. The van der Waals surface area contributed by atoms with Gasteiger partial charge in [-0.05, 0) is 13.0 Å². The molecular weight excluding hydrogens is 204 g/mol. The largest absolute Gasteiger partial charge is 0.235 e. The van der Waals surface area contributed by atoms with Gasteiger partial charge in [0.25, 0.3) is 0 Å². The van der Waals surface area contributed by atoms with Crippen molar-refractivity contribution in [3.63, 3.8) is 0 Å². The van der Waals surface area contributed by atoms with Crippen molar-refractivity contribution in [1.82, 2.24) is 9.97 Å². The Hall–Kier alpha value is -1.11. The van der Waals surface area contributed by atoms with Gasteiger partial charge in [0.2, 0.25) is 0 Å². The van der Waals surface area contributed by atoms with Gasteiger partial charge in [-0.3, -0.25) is 0 Å². The van der Waals surface area contributed by atoms with Crippen molar-refractivity contribution in [3.05, 3.63) is 22.4 Å². The number of nitrogens with zero attached hydrogens (tertiary/aromatic N) is 2. The molecular formula is C9H5ClN2S. The van der Waals surface area contributed by atoms with Crippen LogP contribution < -0.4 is 0 Å². The summed E-state index contributed by atoms with van der Waals surface area (Å²) in [4.78, 5) is 8.96. The van der Waals surface area contributed by atoms with E-state index in [4.69, 9.17) is 11.6 Å². The smallest absolute Gasteiger partial charge is 0.150 e. The molecule has 0 aliphatic rings. The van der Waals surface area contributed by atoms with Crippen molar-refractivity contribution in [3.8, 4) is 11.8 Å². The summed E-state index contributed by atoms with van der Waals surface area (Å²) < 4.78 is 0.905. The molecule has 0 fully saturated rings. The highest BCUT2D eigenvalue weighted by molar-refractivity contribution is 7.20. The van der Waals surface area contributed by atoms with Gasteiger partial charge in [-0.2, -0.15) is 0 Å². The molecule has 0 atom stereocenters. The van der Waals surface area contributed by atoms with E-state index in [1.165, 1.54) is 17.7 Å². The SMILES string of the molecule is CC#Cc1cc2ncnc(Cl)c2s1. The van der Waals surface area contributed by atoms with Crippen LogP contribution in [-0.4, -0.2) is 9.97 Å². The van der Waals surface area contributed by atoms with Gasteiger partial charge in [-0.15, -0.1) is 17.3 Å². The molecule has 0 saturated heterocycles. The average molecular weight is 209 g/mol. The van der Waals surface area contributed by atoms with Crippen LogP contribution in [0.2, 0.25) is 5.15 Å². The summed E-state index contributed by atoms with van der Waals surface area (Å²) in [5.74, 6) is 5.80. The van der Waals surface area contributed by atoms with Gasteiger partial charge in [-0.25, -0.2) is 9.97 Å². The molecule has 2 rings (SSSR count). The Bertz CT molecular complexity index is 507. The fourth-order valence-electron chi connectivity index (χ4n) is 1.01. The molecule has 0 bridgehead atoms. The maximum atomic E-state index is 5.88. The fourth-order valence-corrected chi connectivity index (χ4v) is 2.16. The first-order chi connectivity index (χ1) is 6.31. The van der Waals surface area contributed by atoms with Crippen LogP contribution in [0.5, 0.6) is 0 Å². The predicted molar refractivity (Wildman–Crippen MR) is 55.0 cm³/mol. The number of thiophene rings is 1. The van der Waals surface area contributed by atoms with Crippen LogP contribution in [0.1, 0.15) is 11.8 Å². The van der Waals surface area contributed by atoms with E-state index in [2.05, 4.69) is 21.8 Å². The van der Waals surface area contributed by atoms with E-state index in [0.29, 0.717) is 5.15 Å². The third-order valence-electron chi connectivity index (χ3n) is 1.52. The van der Waals surface area contributed by atoms with Crippen molar-refractivity contribution in [1.29, 1.82) is 0 Å². The van der Waals surface area contributed by atoms with E-state index in [-0.39, 0.29) is 0 Å². The van der Waals surface area contributed by atoms with E-state index >= 15 is 0 Å². The van der Waals surface area contributed by atoms with E-state index in [9.17, 15) is 0 Å². The number of fused-ring (bicyclic) bond motifs is 1. The highest BCUT2D eigenvalue weighted by Gasteiger charge is 2.04. The molecule has 0 spiro atoms. The summed E-state index contributed by atoms with van der Waals surface area (Å²) in [6.45, 7) is 1.80. The van der Waals surface area contributed by atoms with E-state index < -0.39 is 0 Å². The second-order valence-electron chi connectivity index (χ2n) is 2.36. The molecule has 0 unspecified atom stereocenters. The summed E-state index contributed by atoms with van der Waals surface area (Å²) in [5, 5.41) is 0.499. The number of halogens is 1. The first-order valence-electron chi connectivity index (χ1n) is 3.64. The summed E-state index contributed by atoms with van der Waals surface area (Å²) >= 11 is 7.40. The molecule has 4 heteroatoms. The normalized spacial score (nSPS) is 9.69. The minimum Gasteiger partial charge on any atom is -0.235 e. The van der Waals surface area contributed by atoms with Crippen molar-refractivity contribution < 1.29 is 0 Å². The predicted octanol–water partition coefficient (Wildman–Crippen LogP) is 2.72. The third kappa shape index (κ3) is 1.51. The molecule has 2 heterocycles. The lowest BCUT2D eigenvalue weighted by Gasteiger charge is -1.87. The molecule has 0 amide bonds. The molecule has 0 aromatic carbocycles. The summed E-state index contributed by atoms with van der Waals surface area (Å²) in [5.41, 5.74) is 0.864. The monoisotopic (exact) mass is 208 g/mol. The Balaban J connectivity index is 2.73. The van der Waals surface area contributed by atoms with Crippen LogP contribution >= 0.6 is 22.9 Å². The molecule has 64 valence electrons. The Morgan fingerprint density at radius 1 is 1.46 bits per heavy atom. The Morgan fingerprint density at radius 3 is 3.00 bits per heavy atom. The second-order valence-corrected chi connectivity index (χ2v) is 3.77. The van der Waals surface area contributed by atoms with Gasteiger partial charge in [0.05, 0.1) is 15.1 Å². The van der Waals surface area contributed by atoms with Crippen molar-refractivity contribution in [2.75, 3.05) is 0 Å². The Morgan fingerprint density at radius 2 is 2.31 bits per heavy atom. The highest BCUT2D eigenvalue weighted by atomic mass is 35.5. The molecule has 0 aliphatic heterocycles. The highest BCUT2D eigenvalue weighted by Crippen LogP contribution is 2.27. The number of aromatic nitrogens is 2. The van der Waals surface area contributed by atoms with Gasteiger partial charge in [-0.1, -0.05) is 17.5 Å². The molecule has 2 aromatic rings. The van der Waals surface area contributed by atoms with Gasteiger partial charge in [0.1, 0.15) is 11.5 Å². The summed E-state index contributed by atoms with van der Waals surface area (Å²) in [7, 11) is 0. The average Bonchev–Trinajstić information content (AvgIpc) is 2.49. The third-order valence-corrected chi connectivity index (χ3v) is 2.96. The molecule has 13 heavy (non-hydrogen) atoms. The van der Waals surface area contributed by atoms with Crippen LogP contribution in [0.4, 0.5) is 0 Å². The van der Waals surface area contributed by atoms with Gasteiger partial charge >= 0.3 is 0 Å². The maximum Gasteiger partial charge on any atom is 0.150 e. The van der Waals surface area contributed by atoms with Crippen LogP contribution in [-0.2, 0) is 0 Å². The topological polar surface area (TPSA) is 25.8 Å². The van der Waals surface area contributed by atoms with Crippen molar-refractivity contribution in [2.24, 2.45) is 0 Å². The lowest BCUT2D eigenvalue weighted by molar-refractivity contribution is 1.23. The van der Waals surface area contributed by atoms with E-state index in [1.54, 1.807) is 6.92 Å². The molecule has 0 N–H and O–H groups in total. The first kappa shape index (κ1) is 8.49. The summed E-state index contributed by atoms with van der Waals surface area (Å²) in [6.07, 6.45) is 1.46. The van der Waals surface area contributed by atoms with Crippen molar-refractivity contribution in [2.45, 2.75) is 6.92 Å². The van der Waals surface area contributed by atoms with Gasteiger partial charge in [0.15, 0.2) is 0 Å². The molecule has 0 aliphatic carbocycles. The van der Waals surface area contributed by atoms with Crippen molar-refractivity contribution >= 4 is 33.2 Å². The minimum atomic E-state index is 0.499. The number of hydrogen-bond donors (Lipinski definition) is 0. The van der Waals surface area contributed by atoms with Gasteiger partial charge < -0.3 is 0 Å². The second kappa shape index (κ2) is 3.33. The van der Waals surface area contributed by atoms with Crippen LogP contribution in [0.15, 0.2) is 12.4 Å². The van der Waals surface area contributed by atoms with Gasteiger partial charge in [0, 0.05) is 0 Å². The quantitative estimate of drug-likeness (QED) is 0.492. The maximum absolute atomic E-state index is 5.88. The Kier molecular flexibility index (Phi) is 2.17. The van der Waals surface area contributed by atoms with E-state index in [0.717, 1.165) is 15.1 Å².